The zero-order chi connectivity index (χ0) is 16.7. The first-order valence-electron chi connectivity index (χ1n) is 8.77. The van der Waals surface area contributed by atoms with Crippen LogP contribution >= 0.6 is 0 Å². The minimum absolute atomic E-state index is 0.0251. The van der Waals surface area contributed by atoms with Gasteiger partial charge in [0.2, 0.25) is 10.0 Å². The van der Waals surface area contributed by atoms with Crippen LogP contribution in [0.4, 0.5) is 0 Å². The lowest BCUT2D eigenvalue weighted by Gasteiger charge is -2.42. The lowest BCUT2D eigenvalue weighted by molar-refractivity contribution is -0.139. The number of fused-ring (bicyclic) bond motifs is 2. The smallest absolute Gasteiger partial charge is 0.317 e. The first-order chi connectivity index (χ1) is 10.8. The summed E-state index contributed by atoms with van der Waals surface area (Å²) in [6, 6.07) is 0.159. The van der Waals surface area contributed by atoms with Crippen molar-refractivity contribution in [3.8, 4) is 0 Å². The Morgan fingerprint density at radius 3 is 2.43 bits per heavy atom. The fraction of sp³-hybridized carbons (Fsp3) is 0.938. The predicted octanol–water partition coefficient (Wildman–Crippen LogP) is 1.42. The van der Waals surface area contributed by atoms with Gasteiger partial charge in [-0.1, -0.05) is 6.92 Å². The second-order valence-electron chi connectivity index (χ2n) is 7.80. The molecule has 0 aromatic rings. The van der Waals surface area contributed by atoms with Gasteiger partial charge < -0.3 is 5.11 Å². The number of carbonyl (C=O) groups is 1. The Morgan fingerprint density at radius 2 is 1.96 bits per heavy atom. The molecule has 0 unspecified atom stereocenters. The molecule has 6 nitrogen and oxygen atoms in total. The molecule has 0 radical (unpaired) electrons. The van der Waals surface area contributed by atoms with Crippen molar-refractivity contribution in [1.29, 1.82) is 0 Å². The molecule has 3 aliphatic rings. The summed E-state index contributed by atoms with van der Waals surface area (Å²) >= 11 is 0. The van der Waals surface area contributed by atoms with Crippen molar-refractivity contribution >= 4 is 16.0 Å². The molecule has 0 saturated heterocycles. The van der Waals surface area contributed by atoms with Gasteiger partial charge in [-0.2, -0.15) is 0 Å². The molecule has 23 heavy (non-hydrogen) atoms. The number of carboxylic acids is 1. The lowest BCUT2D eigenvalue weighted by Crippen LogP contribution is -2.55. The number of hydrogen-bond donors (Lipinski definition) is 2. The highest BCUT2D eigenvalue weighted by Crippen LogP contribution is 2.54. The molecule has 132 valence electrons. The molecule has 0 aliphatic heterocycles. The zero-order valence-electron chi connectivity index (χ0n) is 13.8. The van der Waals surface area contributed by atoms with Gasteiger partial charge in [0, 0.05) is 12.1 Å². The number of hydrogen-bond acceptors (Lipinski definition) is 4. The van der Waals surface area contributed by atoms with Crippen LogP contribution in [-0.4, -0.2) is 55.3 Å². The normalized spacial score (nSPS) is 36.3. The van der Waals surface area contributed by atoms with Crippen molar-refractivity contribution in [2.75, 3.05) is 18.8 Å². The molecular weight excluding hydrogens is 316 g/mol. The van der Waals surface area contributed by atoms with Crippen LogP contribution in [0.3, 0.4) is 0 Å². The number of sulfonamides is 1. The van der Waals surface area contributed by atoms with Gasteiger partial charge in [-0.05, 0) is 62.8 Å². The Balaban J connectivity index is 1.48. The van der Waals surface area contributed by atoms with Crippen molar-refractivity contribution in [3.05, 3.63) is 0 Å². The number of likely N-dealkylation sites (N-methyl/N-ethyl adjacent to an activating group) is 1. The van der Waals surface area contributed by atoms with Crippen LogP contribution in [-0.2, 0) is 14.8 Å². The van der Waals surface area contributed by atoms with Crippen molar-refractivity contribution < 1.29 is 18.3 Å². The molecule has 7 heteroatoms. The monoisotopic (exact) mass is 344 g/mol. The number of nitrogens with one attached hydrogen (secondary N) is 1. The van der Waals surface area contributed by atoms with E-state index in [-0.39, 0.29) is 29.8 Å². The second-order valence-corrected chi connectivity index (χ2v) is 9.56. The molecule has 3 aliphatic carbocycles. The molecule has 0 aromatic carbocycles. The van der Waals surface area contributed by atoms with E-state index >= 15 is 0 Å². The Kier molecular flexibility index (Phi) is 4.73. The van der Waals surface area contributed by atoms with Crippen LogP contribution in [0.2, 0.25) is 0 Å². The van der Waals surface area contributed by atoms with Gasteiger partial charge in [0.05, 0.1) is 12.3 Å². The van der Waals surface area contributed by atoms with Crippen LogP contribution in [0.1, 0.15) is 51.9 Å². The van der Waals surface area contributed by atoms with Crippen molar-refractivity contribution in [3.63, 3.8) is 0 Å². The molecule has 0 spiro atoms. The van der Waals surface area contributed by atoms with Gasteiger partial charge in [-0.15, -0.1) is 0 Å². The van der Waals surface area contributed by atoms with E-state index in [1.54, 1.807) is 0 Å². The summed E-state index contributed by atoms with van der Waals surface area (Å²) in [6.07, 6.45) is 7.04. The molecule has 0 amide bonds. The van der Waals surface area contributed by atoms with Crippen LogP contribution in [0, 0.1) is 11.3 Å². The molecule has 3 fully saturated rings. The van der Waals surface area contributed by atoms with Crippen LogP contribution in [0.25, 0.3) is 0 Å². The molecule has 3 rings (SSSR count). The highest BCUT2D eigenvalue weighted by atomic mass is 32.2. The van der Waals surface area contributed by atoms with Gasteiger partial charge >= 0.3 is 5.97 Å². The Bertz CT molecular complexity index is 548. The maximum atomic E-state index is 12.5. The Morgan fingerprint density at radius 1 is 1.30 bits per heavy atom. The highest BCUT2D eigenvalue weighted by Gasteiger charge is 2.48. The van der Waals surface area contributed by atoms with Crippen LogP contribution in [0.15, 0.2) is 0 Å². The maximum absolute atomic E-state index is 12.5. The van der Waals surface area contributed by atoms with E-state index in [1.807, 2.05) is 11.8 Å². The van der Waals surface area contributed by atoms with Gasteiger partial charge in [0.25, 0.3) is 0 Å². The van der Waals surface area contributed by atoms with E-state index in [0.717, 1.165) is 38.0 Å². The van der Waals surface area contributed by atoms with E-state index in [1.165, 1.54) is 12.8 Å². The van der Waals surface area contributed by atoms with Gasteiger partial charge in [-0.25, -0.2) is 13.1 Å². The van der Waals surface area contributed by atoms with E-state index in [0.29, 0.717) is 6.54 Å². The molecule has 0 atom stereocenters. The van der Waals surface area contributed by atoms with Crippen LogP contribution < -0.4 is 4.72 Å². The summed E-state index contributed by atoms with van der Waals surface area (Å²) in [7, 11) is -3.23. The number of aliphatic carboxylic acids is 1. The molecule has 0 aromatic heterocycles. The Hall–Kier alpha value is -0.660. The quantitative estimate of drug-likeness (QED) is 0.695. The second kappa shape index (κ2) is 6.33. The fourth-order valence-electron chi connectivity index (χ4n) is 4.87. The number of rotatable bonds is 8. The van der Waals surface area contributed by atoms with E-state index in [9.17, 15) is 13.2 Å². The maximum Gasteiger partial charge on any atom is 0.317 e. The third-order valence-corrected chi connectivity index (χ3v) is 7.79. The van der Waals surface area contributed by atoms with Crippen molar-refractivity contribution in [2.45, 2.75) is 64.0 Å². The average Bonchev–Trinajstić information content (AvgIpc) is 2.99. The van der Waals surface area contributed by atoms with E-state index in [4.69, 9.17) is 5.11 Å². The third-order valence-electron chi connectivity index (χ3n) is 6.10. The topological polar surface area (TPSA) is 86.7 Å². The molecule has 2 bridgehead atoms. The summed E-state index contributed by atoms with van der Waals surface area (Å²) in [5.74, 6) is 0.212. The van der Waals surface area contributed by atoms with Gasteiger partial charge in [-0.3, -0.25) is 9.69 Å². The third kappa shape index (κ3) is 3.88. The Labute approximate surface area is 138 Å². The highest BCUT2D eigenvalue weighted by molar-refractivity contribution is 7.89. The average molecular weight is 344 g/mol. The summed E-state index contributed by atoms with van der Waals surface area (Å²) in [6.45, 7) is 2.66. The summed E-state index contributed by atoms with van der Waals surface area (Å²) in [4.78, 5) is 12.7. The molecule has 0 heterocycles. The minimum atomic E-state index is -3.23. The summed E-state index contributed by atoms with van der Waals surface area (Å²) in [5, 5.41) is 8.90. The van der Waals surface area contributed by atoms with Gasteiger partial charge in [0.15, 0.2) is 0 Å². The zero-order valence-corrected chi connectivity index (χ0v) is 14.6. The number of carboxylic acid groups (broad SMARTS) is 1. The van der Waals surface area contributed by atoms with Crippen molar-refractivity contribution in [1.82, 2.24) is 9.62 Å². The largest absolute Gasteiger partial charge is 0.480 e. The van der Waals surface area contributed by atoms with Crippen LogP contribution in [0.5, 0.6) is 0 Å². The summed E-state index contributed by atoms with van der Waals surface area (Å²) in [5.41, 5.74) is 0.0401. The first-order valence-corrected chi connectivity index (χ1v) is 10.4. The summed E-state index contributed by atoms with van der Waals surface area (Å²) < 4.78 is 27.8. The predicted molar refractivity (Wildman–Crippen MR) is 87.6 cm³/mol. The minimum Gasteiger partial charge on any atom is -0.480 e. The fourth-order valence-corrected chi connectivity index (χ4v) is 6.86. The molecular formula is C16H28N2O4S. The number of nitrogens with zero attached hydrogens (tertiary/aromatic N) is 1. The van der Waals surface area contributed by atoms with E-state index < -0.39 is 16.0 Å². The SMILES string of the molecule is CCN(CC(=O)O)C1CC(NS(=O)(=O)CC23CCC(CC2)C3)C1. The van der Waals surface area contributed by atoms with E-state index in [2.05, 4.69) is 4.72 Å². The lowest BCUT2D eigenvalue weighted by atomic mass is 9.86. The molecule has 2 N–H and O–H groups in total. The molecule has 3 saturated carbocycles. The van der Waals surface area contributed by atoms with Crippen molar-refractivity contribution in [2.24, 2.45) is 11.3 Å². The standard InChI is InChI=1S/C16H28N2O4S/c1-2-18(10-15(19)20)14-7-13(8-14)17-23(21,22)11-16-5-3-12(9-16)4-6-16/h12-14,17H,2-11H2,1H3,(H,19,20). The van der Waals surface area contributed by atoms with Gasteiger partial charge in [0.1, 0.15) is 0 Å². The first kappa shape index (κ1) is 17.2.